The number of fused-ring (bicyclic) bond motifs is 1. The largest absolute Gasteiger partial charge is 0.392 e. The van der Waals surface area contributed by atoms with Crippen molar-refractivity contribution < 1.29 is 19.0 Å². The van der Waals surface area contributed by atoms with Crippen LogP contribution in [0.15, 0.2) is 83.3 Å². The lowest BCUT2D eigenvalue weighted by Crippen LogP contribution is -2.59. The maximum absolute atomic E-state index is 15.5. The van der Waals surface area contributed by atoms with Crippen LogP contribution in [0.4, 0.5) is 27.3 Å². The molecule has 0 bridgehead atoms. The average molecular weight is 749 g/mol. The maximum atomic E-state index is 15.5. The Hall–Kier alpha value is -5.70. The van der Waals surface area contributed by atoms with Crippen molar-refractivity contribution in [2.75, 3.05) is 48.4 Å². The fraction of sp³-hybridized carbons (Fsp3) is 0.341. The van der Waals surface area contributed by atoms with Gasteiger partial charge in [0.1, 0.15) is 11.6 Å². The molecular weight excluding hydrogens is 704 g/mol. The van der Waals surface area contributed by atoms with E-state index in [-0.39, 0.29) is 39.9 Å². The van der Waals surface area contributed by atoms with E-state index >= 15 is 4.39 Å². The number of piperazine rings is 1. The average Bonchev–Trinajstić information content (AvgIpc) is 3.12. The van der Waals surface area contributed by atoms with Crippen molar-refractivity contribution in [3.63, 3.8) is 0 Å². The lowest BCUT2D eigenvalue weighted by molar-refractivity contribution is -0.111. The predicted octanol–water partition coefficient (Wildman–Crippen LogP) is 4.85. The first kappa shape index (κ1) is 37.6. The summed E-state index contributed by atoms with van der Waals surface area (Å²) in [7, 11) is 1.58. The van der Waals surface area contributed by atoms with Gasteiger partial charge in [-0.25, -0.2) is 14.4 Å². The van der Waals surface area contributed by atoms with E-state index in [2.05, 4.69) is 43.9 Å². The second kappa shape index (κ2) is 14.9. The fourth-order valence-corrected chi connectivity index (χ4v) is 7.22. The molecule has 5 heterocycles. The lowest BCUT2D eigenvalue weighted by atomic mass is 9.86. The topological polar surface area (TPSA) is 147 Å². The highest BCUT2D eigenvalue weighted by molar-refractivity contribution is 6.02. The van der Waals surface area contributed by atoms with Gasteiger partial charge in [-0.3, -0.25) is 23.9 Å². The molecule has 14 heteroatoms. The number of aliphatic hydroxyl groups is 1. The van der Waals surface area contributed by atoms with Crippen LogP contribution in [0, 0.1) is 5.82 Å². The van der Waals surface area contributed by atoms with Crippen LogP contribution in [0.1, 0.15) is 38.8 Å². The van der Waals surface area contributed by atoms with E-state index in [0.29, 0.717) is 34.1 Å². The van der Waals surface area contributed by atoms with Crippen molar-refractivity contribution in [1.29, 1.82) is 0 Å². The van der Waals surface area contributed by atoms with Crippen LogP contribution in [0.25, 0.3) is 27.8 Å². The minimum atomic E-state index is -0.643. The number of aryl methyl sites for hydroxylation is 1. The quantitative estimate of drug-likeness (QED) is 0.179. The molecule has 2 saturated heterocycles. The number of benzene rings is 2. The van der Waals surface area contributed by atoms with E-state index in [0.717, 1.165) is 44.1 Å². The number of pyridine rings is 2. The molecular formula is C41H45FN8O5. The molecule has 13 nitrogen and oxygen atoms in total. The zero-order valence-corrected chi connectivity index (χ0v) is 31.6. The summed E-state index contributed by atoms with van der Waals surface area (Å²) in [5, 5.41) is 17.1. The van der Waals surface area contributed by atoms with E-state index in [4.69, 9.17) is 4.74 Å². The third-order valence-corrected chi connectivity index (χ3v) is 10.4. The van der Waals surface area contributed by atoms with Crippen LogP contribution in [0.5, 0.6) is 0 Å². The number of ether oxygens (including phenoxy) is 1. The highest BCUT2D eigenvalue weighted by Gasteiger charge is 2.33. The van der Waals surface area contributed by atoms with E-state index in [9.17, 15) is 19.5 Å². The van der Waals surface area contributed by atoms with Crippen molar-refractivity contribution in [3.05, 3.63) is 111 Å². The van der Waals surface area contributed by atoms with Gasteiger partial charge in [-0.2, -0.15) is 0 Å². The third kappa shape index (κ3) is 7.27. The van der Waals surface area contributed by atoms with Crippen molar-refractivity contribution in [2.24, 2.45) is 7.05 Å². The third-order valence-electron chi connectivity index (χ3n) is 10.4. The van der Waals surface area contributed by atoms with Gasteiger partial charge in [0.05, 0.1) is 48.3 Å². The Bertz CT molecular complexity index is 2430. The summed E-state index contributed by atoms with van der Waals surface area (Å²) in [4.78, 5) is 53.6. The molecule has 5 aromatic rings. The molecule has 1 amide bonds. The summed E-state index contributed by atoms with van der Waals surface area (Å²) >= 11 is 0. The van der Waals surface area contributed by atoms with Gasteiger partial charge >= 0.3 is 0 Å². The molecule has 0 saturated carbocycles. The summed E-state index contributed by atoms with van der Waals surface area (Å²) in [6.45, 7) is 15.1. The Labute approximate surface area is 317 Å². The molecule has 2 aromatic carbocycles. The molecule has 7 rings (SSSR count). The molecule has 55 heavy (non-hydrogen) atoms. The molecule has 3 aromatic heterocycles. The number of rotatable bonds is 9. The molecule has 286 valence electrons. The van der Waals surface area contributed by atoms with Gasteiger partial charge in [0.15, 0.2) is 5.82 Å². The van der Waals surface area contributed by atoms with Crippen LogP contribution in [-0.4, -0.2) is 79.9 Å². The minimum absolute atomic E-state index is 0.0136. The summed E-state index contributed by atoms with van der Waals surface area (Å²) < 4.78 is 23.5. The number of aromatic nitrogens is 4. The molecule has 1 atom stereocenters. The number of anilines is 4. The highest BCUT2D eigenvalue weighted by atomic mass is 19.1. The van der Waals surface area contributed by atoms with Crippen LogP contribution >= 0.6 is 0 Å². The van der Waals surface area contributed by atoms with E-state index in [1.165, 1.54) is 39.9 Å². The van der Waals surface area contributed by atoms with E-state index in [1.807, 2.05) is 32.9 Å². The zero-order chi connectivity index (χ0) is 39.2. The SMILES string of the molecule is C=CC(=O)Nc1cc(Nc2nc(-c3ccnc(-n4ccc5cc(C(C)(C)C)cc(F)c5c4=O)c3CO)cn(C)c2=O)ccc1N1CCN(C2COC2)CC1C. The minimum Gasteiger partial charge on any atom is -0.392 e. The van der Waals surface area contributed by atoms with Gasteiger partial charge in [0.25, 0.3) is 11.1 Å². The second-order valence-corrected chi connectivity index (χ2v) is 15.2. The number of amides is 1. The summed E-state index contributed by atoms with van der Waals surface area (Å²) in [6, 6.07) is 12.5. The number of halogens is 1. The van der Waals surface area contributed by atoms with Gasteiger partial charge in [-0.15, -0.1) is 0 Å². The first-order valence-corrected chi connectivity index (χ1v) is 18.2. The number of carbonyl (C=O) groups excluding carboxylic acids is 1. The Morgan fingerprint density at radius 1 is 1.11 bits per heavy atom. The predicted molar refractivity (Wildman–Crippen MR) is 212 cm³/mol. The second-order valence-electron chi connectivity index (χ2n) is 15.2. The molecule has 2 aliphatic heterocycles. The molecule has 0 aliphatic carbocycles. The van der Waals surface area contributed by atoms with Gasteiger partial charge in [-0.1, -0.05) is 33.4 Å². The fourth-order valence-electron chi connectivity index (χ4n) is 7.22. The van der Waals surface area contributed by atoms with Crippen LogP contribution < -0.4 is 26.7 Å². The maximum Gasteiger partial charge on any atom is 0.293 e. The Morgan fingerprint density at radius 2 is 1.89 bits per heavy atom. The van der Waals surface area contributed by atoms with Crippen molar-refractivity contribution in [1.82, 2.24) is 24.0 Å². The number of carbonyl (C=O) groups is 1. The van der Waals surface area contributed by atoms with Crippen molar-refractivity contribution in [3.8, 4) is 17.1 Å². The first-order valence-electron chi connectivity index (χ1n) is 18.2. The highest BCUT2D eigenvalue weighted by Crippen LogP contribution is 2.34. The van der Waals surface area contributed by atoms with Crippen molar-refractivity contribution in [2.45, 2.75) is 51.8 Å². The normalized spacial score (nSPS) is 16.6. The van der Waals surface area contributed by atoms with Crippen LogP contribution in [0.2, 0.25) is 0 Å². The lowest BCUT2D eigenvalue weighted by Gasteiger charge is -2.46. The Morgan fingerprint density at radius 3 is 2.56 bits per heavy atom. The molecule has 2 fully saturated rings. The van der Waals surface area contributed by atoms with Gasteiger partial charge in [-0.05, 0) is 65.8 Å². The Kier molecular flexibility index (Phi) is 10.2. The first-order chi connectivity index (χ1) is 26.3. The molecule has 0 radical (unpaired) electrons. The number of aliphatic hydroxyl groups excluding tert-OH is 1. The summed E-state index contributed by atoms with van der Waals surface area (Å²) in [5.41, 5.74) is 2.24. The molecule has 0 spiro atoms. The van der Waals surface area contributed by atoms with Crippen molar-refractivity contribution >= 4 is 39.6 Å². The standard InChI is InChI=1S/C41H45FN8O5/c1-7-35(52)45-32-18-27(8-9-34(32)49-15-14-48(19-24(49)2)28-22-55-23-28)44-37-40(54)47(6)20-33(46-37)29-10-12-43-38(30(29)21-51)50-13-11-25-16-26(41(3,4)5)17-31(42)36(25)39(50)53/h7-13,16-18,20,24,28,51H,1,14-15,19,21-23H2,2-6H3,(H,44,46)(H,45,52). The monoisotopic (exact) mass is 748 g/mol. The van der Waals surface area contributed by atoms with Gasteiger partial charge < -0.3 is 29.9 Å². The molecule has 2 aliphatic rings. The van der Waals surface area contributed by atoms with Gasteiger partial charge in [0.2, 0.25) is 5.91 Å². The number of nitrogens with zero attached hydrogens (tertiary/aromatic N) is 6. The number of hydrogen-bond acceptors (Lipinski definition) is 10. The summed E-state index contributed by atoms with van der Waals surface area (Å²) in [6.07, 6.45) is 5.71. The van der Waals surface area contributed by atoms with Crippen LogP contribution in [-0.2, 0) is 28.6 Å². The Balaban J connectivity index is 1.23. The van der Waals surface area contributed by atoms with E-state index < -0.39 is 23.5 Å². The zero-order valence-electron chi connectivity index (χ0n) is 31.6. The number of hydrogen-bond donors (Lipinski definition) is 3. The molecule has 1 unspecified atom stereocenters. The van der Waals surface area contributed by atoms with E-state index in [1.54, 1.807) is 31.3 Å². The smallest absolute Gasteiger partial charge is 0.293 e. The van der Waals surface area contributed by atoms with Crippen LogP contribution in [0.3, 0.4) is 0 Å². The molecule has 3 N–H and O–H groups in total. The number of nitrogens with one attached hydrogen (secondary N) is 2. The van der Waals surface area contributed by atoms with Gasteiger partial charge in [0, 0.05) is 68.1 Å². The summed E-state index contributed by atoms with van der Waals surface area (Å²) in [5.74, 6) is -0.929.